The first kappa shape index (κ1) is 15.4. The van der Waals surface area contributed by atoms with Crippen molar-refractivity contribution >= 4 is 22.5 Å². The van der Waals surface area contributed by atoms with Crippen molar-refractivity contribution in [2.75, 3.05) is 13.6 Å². The monoisotopic (exact) mass is 352 g/mol. The molecule has 3 aromatic rings. The Morgan fingerprint density at radius 3 is 2.76 bits per heavy atom. The van der Waals surface area contributed by atoms with Gasteiger partial charge >= 0.3 is 0 Å². The number of ether oxygens (including phenoxy) is 1. The Labute approximate surface area is 152 Å². The van der Waals surface area contributed by atoms with Gasteiger partial charge in [-0.3, -0.25) is 4.90 Å². The lowest BCUT2D eigenvalue weighted by Crippen LogP contribution is -2.44. The van der Waals surface area contributed by atoms with Crippen molar-refractivity contribution in [3.63, 3.8) is 0 Å². The number of hydrogen-bond donors (Lipinski definition) is 0. The summed E-state index contributed by atoms with van der Waals surface area (Å²) in [6, 6.07) is 16.8. The normalized spacial score (nSPS) is 26.0. The average molecular weight is 353 g/mol. The van der Waals surface area contributed by atoms with E-state index in [9.17, 15) is 0 Å². The number of halogens is 1. The molecule has 25 heavy (non-hydrogen) atoms. The van der Waals surface area contributed by atoms with E-state index in [0.717, 1.165) is 24.7 Å². The van der Waals surface area contributed by atoms with Gasteiger partial charge in [0.1, 0.15) is 11.7 Å². The van der Waals surface area contributed by atoms with Gasteiger partial charge in [-0.25, -0.2) is 0 Å². The number of benzene rings is 2. The highest BCUT2D eigenvalue weighted by Crippen LogP contribution is 2.46. The van der Waals surface area contributed by atoms with Gasteiger partial charge in [-0.1, -0.05) is 41.9 Å². The third-order valence-corrected chi connectivity index (χ3v) is 5.87. The zero-order valence-corrected chi connectivity index (χ0v) is 15.3. The van der Waals surface area contributed by atoms with Gasteiger partial charge in [0.15, 0.2) is 0 Å². The Kier molecular flexibility index (Phi) is 3.30. The topological polar surface area (TPSA) is 17.4 Å². The van der Waals surface area contributed by atoms with E-state index in [1.54, 1.807) is 0 Å². The fraction of sp³-hybridized carbons (Fsp3) is 0.333. The van der Waals surface area contributed by atoms with Gasteiger partial charge in [0.2, 0.25) is 0 Å². The second kappa shape index (κ2) is 5.34. The molecule has 0 spiro atoms. The van der Waals surface area contributed by atoms with Gasteiger partial charge in [-0.05, 0) is 43.3 Å². The second-order valence-corrected chi connectivity index (χ2v) is 7.95. The number of aromatic nitrogens is 1. The first-order chi connectivity index (χ1) is 12.0. The Morgan fingerprint density at radius 1 is 1.16 bits per heavy atom. The lowest BCUT2D eigenvalue weighted by atomic mass is 9.92. The van der Waals surface area contributed by atoms with Crippen LogP contribution in [-0.2, 0) is 23.4 Å². The summed E-state index contributed by atoms with van der Waals surface area (Å²) >= 11 is 6.30. The van der Waals surface area contributed by atoms with Crippen LogP contribution < -0.4 is 0 Å². The zero-order valence-electron chi connectivity index (χ0n) is 14.5. The summed E-state index contributed by atoms with van der Waals surface area (Å²) in [4.78, 5) is 2.34. The quantitative estimate of drug-likeness (QED) is 0.630. The van der Waals surface area contributed by atoms with Crippen LogP contribution in [-0.4, -0.2) is 23.1 Å². The Bertz CT molecular complexity index is 965. The number of likely N-dealkylation sites (N-methyl/N-ethyl adjacent to an activating group) is 1. The molecule has 4 heteroatoms. The molecule has 0 bridgehead atoms. The van der Waals surface area contributed by atoms with E-state index >= 15 is 0 Å². The van der Waals surface area contributed by atoms with Crippen LogP contribution >= 0.6 is 11.6 Å². The Morgan fingerprint density at radius 2 is 1.96 bits per heavy atom. The first-order valence-electron chi connectivity index (χ1n) is 8.77. The molecule has 0 saturated heterocycles. The summed E-state index contributed by atoms with van der Waals surface area (Å²) in [6.07, 6.45) is 0.0823. The van der Waals surface area contributed by atoms with Gasteiger partial charge in [-0.15, -0.1) is 0 Å². The summed E-state index contributed by atoms with van der Waals surface area (Å²) in [5, 5.41) is 2.06. The molecule has 2 aliphatic rings. The minimum absolute atomic E-state index is 0.0823. The fourth-order valence-electron chi connectivity index (χ4n) is 4.52. The van der Waals surface area contributed by atoms with Crippen molar-refractivity contribution in [1.82, 2.24) is 9.47 Å². The summed E-state index contributed by atoms with van der Waals surface area (Å²) in [7, 11) is 2.16. The van der Waals surface area contributed by atoms with E-state index in [0.29, 0.717) is 0 Å². The molecule has 1 aromatic heterocycles. The van der Waals surface area contributed by atoms with Gasteiger partial charge in [0.25, 0.3) is 0 Å². The van der Waals surface area contributed by atoms with E-state index in [-0.39, 0.29) is 11.7 Å². The molecule has 2 aromatic carbocycles. The molecule has 3 nitrogen and oxygen atoms in total. The van der Waals surface area contributed by atoms with Crippen LogP contribution in [0.5, 0.6) is 0 Å². The molecule has 3 heterocycles. The predicted octanol–water partition coefficient (Wildman–Crippen LogP) is 4.73. The van der Waals surface area contributed by atoms with E-state index in [1.807, 2.05) is 6.07 Å². The molecular formula is C21H21ClN2O. The van der Waals surface area contributed by atoms with E-state index in [1.165, 1.54) is 27.7 Å². The second-order valence-electron chi connectivity index (χ2n) is 7.51. The van der Waals surface area contributed by atoms with Crippen LogP contribution in [0, 0.1) is 0 Å². The van der Waals surface area contributed by atoms with Crippen molar-refractivity contribution in [3.8, 4) is 0 Å². The molecular weight excluding hydrogens is 332 g/mol. The zero-order chi connectivity index (χ0) is 17.2. The molecule has 0 amide bonds. The highest BCUT2D eigenvalue weighted by Gasteiger charge is 2.42. The SMILES string of the molecule is CN1Cc2c3n(c4ccc(Cl)cc24)CC(C)(c2ccccc2)OC3C1. The summed E-state index contributed by atoms with van der Waals surface area (Å²) in [6.45, 7) is 4.90. The van der Waals surface area contributed by atoms with Crippen LogP contribution in [0.1, 0.15) is 29.8 Å². The van der Waals surface area contributed by atoms with Crippen molar-refractivity contribution in [2.45, 2.75) is 31.7 Å². The van der Waals surface area contributed by atoms with E-state index in [2.05, 4.69) is 65.9 Å². The van der Waals surface area contributed by atoms with Crippen molar-refractivity contribution in [2.24, 2.45) is 0 Å². The molecule has 5 rings (SSSR count). The number of hydrogen-bond acceptors (Lipinski definition) is 2. The van der Waals surface area contributed by atoms with Crippen LogP contribution in [0.4, 0.5) is 0 Å². The number of fused-ring (bicyclic) bond motifs is 3. The molecule has 0 saturated carbocycles. The van der Waals surface area contributed by atoms with Crippen molar-refractivity contribution in [1.29, 1.82) is 0 Å². The van der Waals surface area contributed by atoms with Gasteiger partial charge in [0.05, 0.1) is 12.2 Å². The third kappa shape index (κ3) is 2.27. The largest absolute Gasteiger partial charge is 0.358 e. The predicted molar refractivity (Wildman–Crippen MR) is 101 cm³/mol. The molecule has 128 valence electrons. The highest BCUT2D eigenvalue weighted by atomic mass is 35.5. The lowest BCUT2D eigenvalue weighted by molar-refractivity contribution is -0.133. The average Bonchev–Trinajstić information content (AvgIpc) is 2.89. The van der Waals surface area contributed by atoms with Crippen molar-refractivity contribution in [3.05, 3.63) is 70.4 Å². The highest BCUT2D eigenvalue weighted by molar-refractivity contribution is 6.31. The minimum atomic E-state index is -0.333. The fourth-order valence-corrected chi connectivity index (χ4v) is 4.69. The summed E-state index contributed by atoms with van der Waals surface area (Å²) in [5.74, 6) is 0. The standard InChI is InChI=1S/C21H21ClN2O/c1-21(14-6-4-3-5-7-14)13-24-18-9-8-15(22)10-16(18)17-11-23(2)12-19(25-21)20(17)24/h3-10,19H,11-13H2,1-2H3. The van der Waals surface area contributed by atoms with Crippen molar-refractivity contribution < 1.29 is 4.74 Å². The molecule has 2 aliphatic heterocycles. The molecule has 0 aliphatic carbocycles. The summed E-state index contributed by atoms with van der Waals surface area (Å²) < 4.78 is 9.17. The Balaban J connectivity index is 1.75. The smallest absolute Gasteiger partial charge is 0.112 e. The number of nitrogens with zero attached hydrogens (tertiary/aromatic N) is 2. The molecule has 0 radical (unpaired) electrons. The van der Waals surface area contributed by atoms with E-state index in [4.69, 9.17) is 16.3 Å². The molecule has 2 unspecified atom stereocenters. The molecule has 2 atom stereocenters. The maximum Gasteiger partial charge on any atom is 0.112 e. The van der Waals surface area contributed by atoms with Gasteiger partial charge < -0.3 is 9.30 Å². The van der Waals surface area contributed by atoms with Crippen LogP contribution in [0.3, 0.4) is 0 Å². The first-order valence-corrected chi connectivity index (χ1v) is 9.15. The number of rotatable bonds is 1. The third-order valence-electron chi connectivity index (χ3n) is 5.63. The molecule has 0 N–H and O–H groups in total. The lowest BCUT2D eigenvalue weighted by Gasteiger charge is -2.44. The van der Waals surface area contributed by atoms with Crippen LogP contribution in [0.15, 0.2) is 48.5 Å². The molecule has 0 fully saturated rings. The van der Waals surface area contributed by atoms with Gasteiger partial charge in [-0.2, -0.15) is 0 Å². The minimum Gasteiger partial charge on any atom is -0.358 e. The Hall–Kier alpha value is -1.81. The van der Waals surface area contributed by atoms with E-state index < -0.39 is 0 Å². The van der Waals surface area contributed by atoms with Crippen LogP contribution in [0.25, 0.3) is 10.9 Å². The maximum atomic E-state index is 6.70. The van der Waals surface area contributed by atoms with Gasteiger partial charge in [0, 0.05) is 29.0 Å². The van der Waals surface area contributed by atoms with Crippen LogP contribution in [0.2, 0.25) is 5.02 Å². The maximum absolute atomic E-state index is 6.70. The summed E-state index contributed by atoms with van der Waals surface area (Å²) in [5.41, 5.74) is 4.86.